The van der Waals surface area contributed by atoms with Gasteiger partial charge in [-0.2, -0.15) is 5.26 Å². The lowest BCUT2D eigenvalue weighted by atomic mass is 9.96. The SMILES string of the molecule is Cn1c(COc2ccc(Cl)cc2)nnc1SCC(=O)Nc1sc2c(c1C#N)CCCC2. The minimum Gasteiger partial charge on any atom is -0.486 e. The van der Waals surface area contributed by atoms with Gasteiger partial charge in [-0.3, -0.25) is 4.79 Å². The molecule has 0 spiro atoms. The maximum Gasteiger partial charge on any atom is 0.235 e. The van der Waals surface area contributed by atoms with E-state index in [9.17, 15) is 10.1 Å². The fraction of sp³-hybridized carbons (Fsp3) is 0.333. The van der Waals surface area contributed by atoms with Crippen LogP contribution in [-0.2, 0) is 31.3 Å². The molecule has 1 aliphatic rings. The van der Waals surface area contributed by atoms with Crippen molar-refractivity contribution in [3.8, 4) is 11.8 Å². The van der Waals surface area contributed by atoms with Gasteiger partial charge in [-0.1, -0.05) is 23.4 Å². The Morgan fingerprint density at radius 1 is 1.32 bits per heavy atom. The number of benzene rings is 1. The maximum atomic E-state index is 12.5. The zero-order chi connectivity index (χ0) is 21.8. The molecule has 0 bridgehead atoms. The van der Waals surface area contributed by atoms with Crippen LogP contribution in [0.15, 0.2) is 29.4 Å². The predicted octanol–water partition coefficient (Wildman–Crippen LogP) is 4.59. The smallest absolute Gasteiger partial charge is 0.235 e. The third-order valence-corrected chi connectivity index (χ3v) is 7.45. The van der Waals surface area contributed by atoms with Gasteiger partial charge < -0.3 is 14.6 Å². The second kappa shape index (κ2) is 9.73. The third kappa shape index (κ3) is 5.03. The van der Waals surface area contributed by atoms with Crippen molar-refractivity contribution in [2.75, 3.05) is 11.1 Å². The summed E-state index contributed by atoms with van der Waals surface area (Å²) in [6.07, 6.45) is 4.13. The number of nitrogens with one attached hydrogen (secondary N) is 1. The lowest BCUT2D eigenvalue weighted by Crippen LogP contribution is -2.14. The summed E-state index contributed by atoms with van der Waals surface area (Å²) in [5, 5.41) is 22.7. The third-order valence-electron chi connectivity index (χ3n) is 4.98. The number of anilines is 1. The van der Waals surface area contributed by atoms with E-state index in [2.05, 4.69) is 21.6 Å². The van der Waals surface area contributed by atoms with Crippen molar-refractivity contribution in [1.29, 1.82) is 5.26 Å². The number of aromatic nitrogens is 3. The average Bonchev–Trinajstić information content (AvgIpc) is 3.31. The van der Waals surface area contributed by atoms with Crippen molar-refractivity contribution < 1.29 is 9.53 Å². The number of aryl methyl sites for hydroxylation is 1. The molecule has 0 radical (unpaired) electrons. The van der Waals surface area contributed by atoms with E-state index < -0.39 is 0 Å². The number of rotatable bonds is 7. The molecular weight excluding hydrogens is 454 g/mol. The van der Waals surface area contributed by atoms with E-state index in [1.165, 1.54) is 28.0 Å². The molecule has 1 aliphatic carbocycles. The number of carbonyl (C=O) groups excluding carboxylic acids is 1. The van der Waals surface area contributed by atoms with E-state index in [0.717, 1.165) is 31.2 Å². The van der Waals surface area contributed by atoms with Crippen molar-refractivity contribution in [3.63, 3.8) is 0 Å². The molecule has 0 atom stereocenters. The normalized spacial score (nSPS) is 12.8. The van der Waals surface area contributed by atoms with Crippen LogP contribution < -0.4 is 10.1 Å². The Morgan fingerprint density at radius 3 is 2.87 bits per heavy atom. The van der Waals surface area contributed by atoms with Gasteiger partial charge in [-0.25, -0.2) is 0 Å². The van der Waals surface area contributed by atoms with Crippen molar-refractivity contribution in [2.24, 2.45) is 7.05 Å². The van der Waals surface area contributed by atoms with Gasteiger partial charge in [0.2, 0.25) is 5.91 Å². The van der Waals surface area contributed by atoms with Gasteiger partial charge in [0.05, 0.1) is 11.3 Å². The molecular formula is C21H20ClN5O2S2. The highest BCUT2D eigenvalue weighted by Gasteiger charge is 2.22. The van der Waals surface area contributed by atoms with Crippen LogP contribution in [0.5, 0.6) is 5.75 Å². The summed E-state index contributed by atoms with van der Waals surface area (Å²) in [6.45, 7) is 0.254. The Bertz CT molecular complexity index is 1130. The molecule has 1 amide bonds. The number of nitriles is 1. The molecule has 3 aromatic rings. The Balaban J connectivity index is 1.33. The predicted molar refractivity (Wildman–Crippen MR) is 122 cm³/mol. The first-order valence-corrected chi connectivity index (χ1v) is 12.0. The van der Waals surface area contributed by atoms with E-state index >= 15 is 0 Å². The Morgan fingerprint density at radius 2 is 2.10 bits per heavy atom. The monoisotopic (exact) mass is 473 g/mol. The van der Waals surface area contributed by atoms with Crippen LogP contribution in [-0.4, -0.2) is 26.4 Å². The van der Waals surface area contributed by atoms with Gasteiger partial charge >= 0.3 is 0 Å². The van der Waals surface area contributed by atoms with Crippen LogP contribution in [0.4, 0.5) is 5.00 Å². The van der Waals surface area contributed by atoms with Crippen LogP contribution in [0.1, 0.15) is 34.7 Å². The molecule has 1 N–H and O–H groups in total. The first-order chi connectivity index (χ1) is 15.0. The molecule has 4 rings (SSSR count). The largest absolute Gasteiger partial charge is 0.486 e. The number of amides is 1. The highest BCUT2D eigenvalue weighted by molar-refractivity contribution is 7.99. The van der Waals surface area contributed by atoms with Crippen LogP contribution in [0, 0.1) is 11.3 Å². The topological polar surface area (TPSA) is 92.8 Å². The molecule has 0 saturated heterocycles. The zero-order valence-corrected chi connectivity index (χ0v) is 19.2. The number of hydrogen-bond donors (Lipinski definition) is 1. The van der Waals surface area contributed by atoms with Gasteiger partial charge in [0.15, 0.2) is 11.0 Å². The summed E-state index contributed by atoms with van der Waals surface area (Å²) in [6, 6.07) is 9.36. The number of nitrogens with zero attached hydrogens (tertiary/aromatic N) is 4. The van der Waals surface area contributed by atoms with Crippen LogP contribution in [0.3, 0.4) is 0 Å². The number of hydrogen-bond acceptors (Lipinski definition) is 7. The van der Waals surface area contributed by atoms with Crippen molar-refractivity contribution in [1.82, 2.24) is 14.8 Å². The second-order valence-electron chi connectivity index (χ2n) is 7.06. The molecule has 2 heterocycles. The fourth-order valence-electron chi connectivity index (χ4n) is 3.34. The summed E-state index contributed by atoms with van der Waals surface area (Å²) in [5.74, 6) is 1.35. The van der Waals surface area contributed by atoms with E-state index in [4.69, 9.17) is 16.3 Å². The molecule has 7 nitrogen and oxygen atoms in total. The quantitative estimate of drug-likeness (QED) is 0.504. The number of halogens is 1. The fourth-order valence-corrected chi connectivity index (χ4v) is 5.45. The number of thiophene rings is 1. The highest BCUT2D eigenvalue weighted by atomic mass is 35.5. The van der Waals surface area contributed by atoms with Gasteiger partial charge in [-0.05, 0) is 55.5 Å². The van der Waals surface area contributed by atoms with Crippen molar-refractivity contribution in [2.45, 2.75) is 37.4 Å². The maximum absolute atomic E-state index is 12.5. The van der Waals surface area contributed by atoms with E-state index in [1.807, 2.05) is 7.05 Å². The molecule has 0 unspecified atom stereocenters. The number of thioether (sulfide) groups is 1. The summed E-state index contributed by atoms with van der Waals surface area (Å²) in [5.41, 5.74) is 1.73. The van der Waals surface area contributed by atoms with E-state index in [-0.39, 0.29) is 18.3 Å². The first-order valence-electron chi connectivity index (χ1n) is 9.79. The molecule has 0 fully saturated rings. The Labute approximate surface area is 193 Å². The van der Waals surface area contributed by atoms with Crippen molar-refractivity contribution >= 4 is 45.6 Å². The van der Waals surface area contributed by atoms with Crippen LogP contribution in [0.25, 0.3) is 0 Å². The van der Waals surface area contributed by atoms with Gasteiger partial charge in [-0.15, -0.1) is 21.5 Å². The van der Waals surface area contributed by atoms with Gasteiger partial charge in [0.1, 0.15) is 23.4 Å². The number of fused-ring (bicyclic) bond motifs is 1. The molecule has 0 aliphatic heterocycles. The summed E-state index contributed by atoms with van der Waals surface area (Å²) in [7, 11) is 1.84. The number of carbonyl (C=O) groups is 1. The lowest BCUT2D eigenvalue weighted by Gasteiger charge is -2.09. The average molecular weight is 474 g/mol. The molecule has 31 heavy (non-hydrogen) atoms. The highest BCUT2D eigenvalue weighted by Crippen LogP contribution is 2.37. The van der Waals surface area contributed by atoms with Gasteiger partial charge in [0.25, 0.3) is 0 Å². The minimum atomic E-state index is -0.165. The van der Waals surface area contributed by atoms with Crippen LogP contribution >= 0.6 is 34.7 Å². The minimum absolute atomic E-state index is 0.165. The van der Waals surface area contributed by atoms with Crippen LogP contribution in [0.2, 0.25) is 5.02 Å². The first kappa shape index (κ1) is 21.7. The standard InChI is InChI=1S/C21H20ClN5O2S2/c1-27-18(11-29-14-8-6-13(22)7-9-14)25-26-21(27)30-12-19(28)24-20-16(10-23)15-4-2-3-5-17(15)31-20/h6-9H,2-5,11-12H2,1H3,(H,24,28). The summed E-state index contributed by atoms with van der Waals surface area (Å²) >= 11 is 8.70. The summed E-state index contributed by atoms with van der Waals surface area (Å²) in [4.78, 5) is 13.7. The summed E-state index contributed by atoms with van der Waals surface area (Å²) < 4.78 is 7.52. The molecule has 0 saturated carbocycles. The lowest BCUT2D eigenvalue weighted by molar-refractivity contribution is -0.113. The molecule has 10 heteroatoms. The molecule has 160 valence electrons. The second-order valence-corrected chi connectivity index (χ2v) is 9.55. The molecule has 1 aromatic carbocycles. The Kier molecular flexibility index (Phi) is 6.80. The van der Waals surface area contributed by atoms with Crippen molar-refractivity contribution in [3.05, 3.63) is 51.1 Å². The Hall–Kier alpha value is -2.54. The van der Waals surface area contributed by atoms with E-state index in [0.29, 0.717) is 32.3 Å². The zero-order valence-electron chi connectivity index (χ0n) is 16.9. The number of ether oxygens (including phenoxy) is 1. The van der Waals surface area contributed by atoms with E-state index in [1.54, 1.807) is 28.8 Å². The van der Waals surface area contributed by atoms with Gasteiger partial charge in [0, 0.05) is 16.9 Å². The molecule has 2 aromatic heterocycles.